The maximum atomic E-state index is 12.4. The molecular formula is C22H26N2OS. The van der Waals surface area contributed by atoms with Crippen LogP contribution in [0, 0.1) is 22.7 Å². The molecule has 1 aliphatic carbocycles. The molecule has 0 fully saturated rings. The third kappa shape index (κ3) is 3.83. The number of hydrogen-bond acceptors (Lipinski definition) is 3. The SMILES string of the molecule is CCC(C)(C)C1CCc2c(sc(NC(=O)Cc3ccccc3)c2C#N)C1. The van der Waals surface area contributed by atoms with Gasteiger partial charge in [0.1, 0.15) is 11.1 Å². The molecule has 1 aromatic heterocycles. The van der Waals surface area contributed by atoms with Crippen molar-refractivity contribution < 1.29 is 4.79 Å². The van der Waals surface area contributed by atoms with Crippen molar-refractivity contribution in [3.05, 3.63) is 51.9 Å². The Bertz CT molecular complexity index is 830. The number of carbonyl (C=O) groups is 1. The largest absolute Gasteiger partial charge is 0.316 e. The third-order valence-corrected chi connectivity index (χ3v) is 7.02. The Morgan fingerprint density at radius 2 is 2.08 bits per heavy atom. The molecule has 3 nitrogen and oxygen atoms in total. The summed E-state index contributed by atoms with van der Waals surface area (Å²) in [5, 5.41) is 13.4. The van der Waals surface area contributed by atoms with E-state index in [0.717, 1.165) is 41.8 Å². The molecule has 26 heavy (non-hydrogen) atoms. The Hall–Kier alpha value is -2.12. The summed E-state index contributed by atoms with van der Waals surface area (Å²) in [5.74, 6) is 0.579. The molecule has 1 atom stereocenters. The minimum Gasteiger partial charge on any atom is -0.316 e. The highest BCUT2D eigenvalue weighted by Gasteiger charge is 2.34. The van der Waals surface area contributed by atoms with E-state index >= 15 is 0 Å². The molecule has 0 spiro atoms. The molecule has 0 bridgehead atoms. The second kappa shape index (κ2) is 7.63. The van der Waals surface area contributed by atoms with Crippen molar-refractivity contribution in [2.75, 3.05) is 5.32 Å². The maximum Gasteiger partial charge on any atom is 0.229 e. The number of amides is 1. The zero-order valence-electron chi connectivity index (χ0n) is 15.8. The van der Waals surface area contributed by atoms with Gasteiger partial charge in [0, 0.05) is 4.88 Å². The number of nitrogens with one attached hydrogen (secondary N) is 1. The Kier molecular flexibility index (Phi) is 5.48. The molecule has 0 radical (unpaired) electrons. The molecular weight excluding hydrogens is 340 g/mol. The molecule has 1 aliphatic rings. The van der Waals surface area contributed by atoms with Crippen LogP contribution in [0.15, 0.2) is 30.3 Å². The van der Waals surface area contributed by atoms with Crippen molar-refractivity contribution in [3.63, 3.8) is 0 Å². The van der Waals surface area contributed by atoms with Crippen LogP contribution in [-0.4, -0.2) is 5.91 Å². The highest BCUT2D eigenvalue weighted by molar-refractivity contribution is 7.16. The first kappa shape index (κ1) is 18.7. The zero-order valence-corrected chi connectivity index (χ0v) is 16.6. The summed E-state index contributed by atoms with van der Waals surface area (Å²) in [7, 11) is 0. The van der Waals surface area contributed by atoms with E-state index in [0.29, 0.717) is 23.3 Å². The number of carbonyl (C=O) groups excluding carboxylic acids is 1. The van der Waals surface area contributed by atoms with E-state index in [-0.39, 0.29) is 5.91 Å². The fourth-order valence-corrected chi connectivity index (χ4v) is 4.99. The van der Waals surface area contributed by atoms with Gasteiger partial charge in [-0.3, -0.25) is 4.79 Å². The number of hydrogen-bond donors (Lipinski definition) is 1. The predicted molar refractivity (Wildman–Crippen MR) is 107 cm³/mol. The second-order valence-electron chi connectivity index (χ2n) is 7.81. The average molecular weight is 367 g/mol. The van der Waals surface area contributed by atoms with E-state index in [1.54, 1.807) is 11.3 Å². The molecule has 0 aliphatic heterocycles. The van der Waals surface area contributed by atoms with Crippen LogP contribution in [-0.2, 0) is 24.1 Å². The van der Waals surface area contributed by atoms with Crippen LogP contribution < -0.4 is 5.32 Å². The van der Waals surface area contributed by atoms with Crippen LogP contribution in [0.2, 0.25) is 0 Å². The summed E-state index contributed by atoms with van der Waals surface area (Å²) >= 11 is 1.60. The Morgan fingerprint density at radius 1 is 1.35 bits per heavy atom. The van der Waals surface area contributed by atoms with Crippen molar-refractivity contribution in [1.82, 2.24) is 0 Å². The van der Waals surface area contributed by atoms with Crippen molar-refractivity contribution in [2.24, 2.45) is 11.3 Å². The van der Waals surface area contributed by atoms with E-state index in [9.17, 15) is 10.1 Å². The van der Waals surface area contributed by atoms with Crippen molar-refractivity contribution >= 4 is 22.2 Å². The molecule has 1 N–H and O–H groups in total. The van der Waals surface area contributed by atoms with E-state index in [4.69, 9.17) is 0 Å². The first-order valence-corrected chi connectivity index (χ1v) is 10.1. The summed E-state index contributed by atoms with van der Waals surface area (Å²) in [4.78, 5) is 13.7. The number of rotatable bonds is 5. The van der Waals surface area contributed by atoms with Crippen LogP contribution in [0.4, 0.5) is 5.00 Å². The minimum atomic E-state index is -0.0586. The van der Waals surface area contributed by atoms with E-state index in [1.165, 1.54) is 4.88 Å². The van der Waals surface area contributed by atoms with Gasteiger partial charge in [-0.2, -0.15) is 5.26 Å². The van der Waals surface area contributed by atoms with Crippen molar-refractivity contribution in [3.8, 4) is 6.07 Å². The molecule has 2 aromatic rings. The summed E-state index contributed by atoms with van der Waals surface area (Å²) in [6.07, 6.45) is 4.57. The summed E-state index contributed by atoms with van der Waals surface area (Å²) in [6, 6.07) is 12.0. The smallest absolute Gasteiger partial charge is 0.229 e. The molecule has 0 saturated carbocycles. The van der Waals surface area contributed by atoms with Crippen LogP contribution >= 0.6 is 11.3 Å². The highest BCUT2D eigenvalue weighted by atomic mass is 32.1. The van der Waals surface area contributed by atoms with Gasteiger partial charge in [0.05, 0.1) is 12.0 Å². The highest BCUT2D eigenvalue weighted by Crippen LogP contribution is 2.45. The Morgan fingerprint density at radius 3 is 2.73 bits per heavy atom. The summed E-state index contributed by atoms with van der Waals surface area (Å²) in [6.45, 7) is 6.92. The van der Waals surface area contributed by atoms with E-state index < -0.39 is 0 Å². The van der Waals surface area contributed by atoms with Crippen LogP contribution in [0.5, 0.6) is 0 Å². The third-order valence-electron chi connectivity index (χ3n) is 5.85. The lowest BCUT2D eigenvalue weighted by Gasteiger charge is -2.36. The van der Waals surface area contributed by atoms with Gasteiger partial charge in [-0.15, -0.1) is 11.3 Å². The number of thiophene rings is 1. The van der Waals surface area contributed by atoms with Crippen LogP contribution in [0.3, 0.4) is 0 Å². The average Bonchev–Trinajstić information content (AvgIpc) is 2.98. The number of fused-ring (bicyclic) bond motifs is 1. The molecule has 1 heterocycles. The van der Waals surface area contributed by atoms with Gasteiger partial charge < -0.3 is 5.32 Å². The molecule has 1 aromatic carbocycles. The number of nitrogens with zero attached hydrogens (tertiary/aromatic N) is 1. The topological polar surface area (TPSA) is 52.9 Å². The van der Waals surface area contributed by atoms with E-state index in [1.807, 2.05) is 30.3 Å². The molecule has 136 valence electrons. The fourth-order valence-electron chi connectivity index (χ4n) is 3.70. The monoisotopic (exact) mass is 366 g/mol. The van der Waals surface area contributed by atoms with Gasteiger partial charge in [-0.05, 0) is 41.7 Å². The quantitative estimate of drug-likeness (QED) is 0.776. The van der Waals surface area contributed by atoms with Crippen LogP contribution in [0.25, 0.3) is 0 Å². The van der Waals surface area contributed by atoms with Gasteiger partial charge in [0.2, 0.25) is 5.91 Å². The normalized spacial score (nSPS) is 16.6. The fraction of sp³-hybridized carbons (Fsp3) is 0.455. The zero-order chi connectivity index (χ0) is 18.7. The molecule has 0 saturated heterocycles. The molecule has 4 heteroatoms. The maximum absolute atomic E-state index is 12.4. The minimum absolute atomic E-state index is 0.0586. The first-order chi connectivity index (χ1) is 12.4. The summed E-state index contributed by atoms with van der Waals surface area (Å²) in [5.41, 5.74) is 3.13. The Labute approximate surface area is 160 Å². The molecule has 1 amide bonds. The predicted octanol–water partition coefficient (Wildman–Crippen LogP) is 5.34. The lowest BCUT2D eigenvalue weighted by Crippen LogP contribution is -2.28. The van der Waals surface area contributed by atoms with Gasteiger partial charge in [-0.25, -0.2) is 0 Å². The summed E-state index contributed by atoms with van der Waals surface area (Å²) < 4.78 is 0. The first-order valence-electron chi connectivity index (χ1n) is 9.33. The van der Waals surface area contributed by atoms with Crippen LogP contribution in [0.1, 0.15) is 55.2 Å². The standard InChI is InChI=1S/C22H26N2OS/c1-4-22(2,3)16-10-11-17-18(14-23)21(26-19(17)13-16)24-20(25)12-15-8-6-5-7-9-15/h5-9,16H,4,10-13H2,1-3H3,(H,24,25). The number of nitriles is 1. The van der Waals surface area contributed by atoms with Crippen molar-refractivity contribution in [1.29, 1.82) is 5.26 Å². The second-order valence-corrected chi connectivity index (χ2v) is 8.92. The van der Waals surface area contributed by atoms with E-state index in [2.05, 4.69) is 32.2 Å². The Balaban J connectivity index is 1.78. The van der Waals surface area contributed by atoms with Crippen molar-refractivity contribution in [2.45, 2.75) is 52.9 Å². The number of anilines is 1. The molecule has 3 rings (SSSR count). The molecule has 1 unspecified atom stereocenters. The van der Waals surface area contributed by atoms with Gasteiger partial charge in [0.15, 0.2) is 0 Å². The number of benzene rings is 1. The van der Waals surface area contributed by atoms with Gasteiger partial charge in [-0.1, -0.05) is 57.5 Å². The van der Waals surface area contributed by atoms with Gasteiger partial charge >= 0.3 is 0 Å². The lowest BCUT2D eigenvalue weighted by molar-refractivity contribution is -0.115. The van der Waals surface area contributed by atoms with Gasteiger partial charge in [0.25, 0.3) is 0 Å². The lowest BCUT2D eigenvalue weighted by atomic mass is 9.69.